The molecule has 1 aromatic carbocycles. The molecule has 0 heterocycles. The van der Waals surface area contributed by atoms with Crippen molar-refractivity contribution in [3.63, 3.8) is 0 Å². The van der Waals surface area contributed by atoms with E-state index in [0.717, 1.165) is 19.3 Å². The highest BCUT2D eigenvalue weighted by molar-refractivity contribution is 6.02. The van der Waals surface area contributed by atoms with Crippen molar-refractivity contribution in [2.24, 2.45) is 11.7 Å². The summed E-state index contributed by atoms with van der Waals surface area (Å²) in [6.45, 7) is 0. The average Bonchev–Trinajstić information content (AvgIpc) is 2.85. The fourth-order valence-corrected chi connectivity index (χ4v) is 2.42. The van der Waals surface area contributed by atoms with E-state index in [1.165, 1.54) is 7.11 Å². The lowest BCUT2D eigenvalue weighted by Crippen LogP contribution is -2.34. The van der Waals surface area contributed by atoms with Gasteiger partial charge in [0.05, 0.1) is 24.3 Å². The predicted molar refractivity (Wildman–Crippen MR) is 71.7 cm³/mol. The minimum Gasteiger partial charge on any atom is -0.465 e. The van der Waals surface area contributed by atoms with Gasteiger partial charge in [0.2, 0.25) is 5.91 Å². The number of hydrogen-bond acceptors (Lipinski definition) is 4. The van der Waals surface area contributed by atoms with Gasteiger partial charge in [-0.15, -0.1) is 0 Å². The monoisotopic (exact) mass is 262 g/mol. The van der Waals surface area contributed by atoms with Crippen LogP contribution in [0.15, 0.2) is 24.3 Å². The van der Waals surface area contributed by atoms with Gasteiger partial charge >= 0.3 is 5.97 Å². The molecule has 1 amide bonds. The van der Waals surface area contributed by atoms with Crippen LogP contribution in [0.4, 0.5) is 5.69 Å². The van der Waals surface area contributed by atoms with Gasteiger partial charge in [0, 0.05) is 6.04 Å². The molecule has 102 valence electrons. The molecular formula is C14H18N2O3. The quantitative estimate of drug-likeness (QED) is 0.809. The first-order valence-corrected chi connectivity index (χ1v) is 6.37. The van der Waals surface area contributed by atoms with Crippen LogP contribution >= 0.6 is 0 Å². The number of benzene rings is 1. The fourth-order valence-electron chi connectivity index (χ4n) is 2.42. The van der Waals surface area contributed by atoms with Gasteiger partial charge in [-0.25, -0.2) is 4.79 Å². The second-order valence-electron chi connectivity index (χ2n) is 4.73. The molecule has 0 radical (unpaired) electrons. The molecule has 0 saturated heterocycles. The Balaban J connectivity index is 2.14. The van der Waals surface area contributed by atoms with E-state index < -0.39 is 5.97 Å². The zero-order valence-electron chi connectivity index (χ0n) is 10.9. The van der Waals surface area contributed by atoms with Crippen LogP contribution in [0.25, 0.3) is 0 Å². The van der Waals surface area contributed by atoms with E-state index in [4.69, 9.17) is 10.5 Å². The SMILES string of the molecule is COC(=O)c1ccccc1NC(=O)C1CCCC1N. The number of nitrogens with two attached hydrogens (primary N) is 1. The molecule has 5 heteroatoms. The smallest absolute Gasteiger partial charge is 0.339 e. The predicted octanol–water partition coefficient (Wildman–Crippen LogP) is 1.54. The standard InChI is InChI=1S/C14H18N2O3/c1-19-14(18)10-5-2-3-8-12(10)16-13(17)9-6-4-7-11(9)15/h2-3,5,8-9,11H,4,6-7,15H2,1H3,(H,16,17). The zero-order valence-corrected chi connectivity index (χ0v) is 10.9. The Kier molecular flexibility index (Phi) is 4.16. The molecule has 3 N–H and O–H groups in total. The van der Waals surface area contributed by atoms with Crippen molar-refractivity contribution in [3.05, 3.63) is 29.8 Å². The van der Waals surface area contributed by atoms with E-state index >= 15 is 0 Å². The van der Waals surface area contributed by atoms with E-state index in [2.05, 4.69) is 5.32 Å². The van der Waals surface area contributed by atoms with Crippen LogP contribution in [0.1, 0.15) is 29.6 Å². The number of nitrogens with one attached hydrogen (secondary N) is 1. The molecule has 1 aliphatic rings. The molecule has 0 aliphatic heterocycles. The van der Waals surface area contributed by atoms with Gasteiger partial charge in [0.15, 0.2) is 0 Å². The zero-order chi connectivity index (χ0) is 13.8. The van der Waals surface area contributed by atoms with Gasteiger partial charge in [0.1, 0.15) is 0 Å². The number of esters is 1. The van der Waals surface area contributed by atoms with Gasteiger partial charge in [0.25, 0.3) is 0 Å². The third-order valence-electron chi connectivity index (χ3n) is 3.50. The number of rotatable bonds is 3. The van der Waals surface area contributed by atoms with Crippen molar-refractivity contribution < 1.29 is 14.3 Å². The number of hydrogen-bond donors (Lipinski definition) is 2. The topological polar surface area (TPSA) is 81.4 Å². The highest BCUT2D eigenvalue weighted by atomic mass is 16.5. The van der Waals surface area contributed by atoms with Crippen LogP contribution < -0.4 is 11.1 Å². The molecule has 5 nitrogen and oxygen atoms in total. The molecule has 1 aromatic rings. The van der Waals surface area contributed by atoms with E-state index in [1.807, 2.05) is 0 Å². The van der Waals surface area contributed by atoms with Crippen LogP contribution in [0.5, 0.6) is 0 Å². The molecule has 0 aromatic heterocycles. The number of ether oxygens (including phenoxy) is 1. The maximum Gasteiger partial charge on any atom is 0.339 e. The molecule has 19 heavy (non-hydrogen) atoms. The molecule has 0 bridgehead atoms. The third kappa shape index (κ3) is 2.93. The molecule has 1 saturated carbocycles. The lowest BCUT2D eigenvalue weighted by molar-refractivity contribution is -0.120. The molecular weight excluding hydrogens is 244 g/mol. The summed E-state index contributed by atoms with van der Waals surface area (Å²) in [6.07, 6.45) is 2.64. The summed E-state index contributed by atoms with van der Waals surface area (Å²) in [5, 5.41) is 2.78. The number of methoxy groups -OCH3 is 1. The summed E-state index contributed by atoms with van der Waals surface area (Å²) in [4.78, 5) is 23.7. The van der Waals surface area contributed by atoms with Gasteiger partial charge in [-0.3, -0.25) is 4.79 Å². The Bertz CT molecular complexity index is 487. The number of carbonyl (C=O) groups excluding carboxylic acids is 2. The number of anilines is 1. The second-order valence-corrected chi connectivity index (χ2v) is 4.73. The maximum absolute atomic E-state index is 12.1. The van der Waals surface area contributed by atoms with E-state index in [9.17, 15) is 9.59 Å². The summed E-state index contributed by atoms with van der Waals surface area (Å²) in [5.74, 6) is -0.765. The van der Waals surface area contributed by atoms with Crippen molar-refractivity contribution in [2.75, 3.05) is 12.4 Å². The molecule has 1 fully saturated rings. The molecule has 2 atom stereocenters. The van der Waals surface area contributed by atoms with Crippen LogP contribution in [0.3, 0.4) is 0 Å². The Morgan fingerprint density at radius 3 is 2.68 bits per heavy atom. The first-order valence-electron chi connectivity index (χ1n) is 6.37. The minimum atomic E-state index is -0.466. The average molecular weight is 262 g/mol. The van der Waals surface area contributed by atoms with E-state index in [0.29, 0.717) is 11.3 Å². The largest absolute Gasteiger partial charge is 0.465 e. The number of para-hydroxylation sites is 1. The fraction of sp³-hybridized carbons (Fsp3) is 0.429. The Morgan fingerprint density at radius 1 is 1.32 bits per heavy atom. The van der Waals surface area contributed by atoms with Crippen LogP contribution in [0.2, 0.25) is 0 Å². The summed E-state index contributed by atoms with van der Waals surface area (Å²) in [5.41, 5.74) is 6.73. The summed E-state index contributed by atoms with van der Waals surface area (Å²) in [7, 11) is 1.31. The van der Waals surface area contributed by atoms with Crippen LogP contribution in [0, 0.1) is 5.92 Å². The lowest BCUT2D eigenvalue weighted by atomic mass is 10.0. The van der Waals surface area contributed by atoms with Crippen molar-refractivity contribution in [1.82, 2.24) is 0 Å². The highest BCUT2D eigenvalue weighted by Gasteiger charge is 2.30. The van der Waals surface area contributed by atoms with Crippen molar-refractivity contribution in [1.29, 1.82) is 0 Å². The summed E-state index contributed by atoms with van der Waals surface area (Å²) >= 11 is 0. The third-order valence-corrected chi connectivity index (χ3v) is 3.50. The Morgan fingerprint density at radius 2 is 2.05 bits per heavy atom. The maximum atomic E-state index is 12.1. The molecule has 1 aliphatic carbocycles. The summed E-state index contributed by atoms with van der Waals surface area (Å²) in [6, 6.07) is 6.70. The first-order chi connectivity index (χ1) is 9.13. The normalized spacial score (nSPS) is 22.0. The number of amides is 1. The van der Waals surface area contributed by atoms with Gasteiger partial charge in [-0.1, -0.05) is 18.6 Å². The van der Waals surface area contributed by atoms with Crippen molar-refractivity contribution in [2.45, 2.75) is 25.3 Å². The molecule has 0 spiro atoms. The van der Waals surface area contributed by atoms with Crippen LogP contribution in [-0.4, -0.2) is 25.0 Å². The highest BCUT2D eigenvalue weighted by Crippen LogP contribution is 2.26. The number of carbonyl (C=O) groups is 2. The van der Waals surface area contributed by atoms with Crippen LogP contribution in [-0.2, 0) is 9.53 Å². The van der Waals surface area contributed by atoms with Gasteiger partial charge in [-0.2, -0.15) is 0 Å². The van der Waals surface area contributed by atoms with Gasteiger partial charge < -0.3 is 15.8 Å². The van der Waals surface area contributed by atoms with E-state index in [-0.39, 0.29) is 17.9 Å². The van der Waals surface area contributed by atoms with Gasteiger partial charge in [-0.05, 0) is 25.0 Å². The van der Waals surface area contributed by atoms with Crippen molar-refractivity contribution >= 4 is 17.6 Å². The van der Waals surface area contributed by atoms with Crippen molar-refractivity contribution in [3.8, 4) is 0 Å². The van der Waals surface area contributed by atoms with E-state index in [1.54, 1.807) is 24.3 Å². The molecule has 2 rings (SSSR count). The second kappa shape index (κ2) is 5.84. The lowest BCUT2D eigenvalue weighted by Gasteiger charge is -2.16. The summed E-state index contributed by atoms with van der Waals surface area (Å²) < 4.78 is 4.69. The Labute approximate surface area is 112 Å². The minimum absolute atomic E-state index is 0.0923. The molecule has 2 unspecified atom stereocenters. The first kappa shape index (κ1) is 13.5. The Hall–Kier alpha value is -1.88.